The summed E-state index contributed by atoms with van der Waals surface area (Å²) in [6.07, 6.45) is 3.59. The summed E-state index contributed by atoms with van der Waals surface area (Å²) in [6, 6.07) is 5.04. The maximum Gasteiger partial charge on any atom is 0.252 e. The molecule has 1 saturated carbocycles. The van der Waals surface area contributed by atoms with Crippen LogP contribution in [0.3, 0.4) is 0 Å². The van der Waals surface area contributed by atoms with Crippen LogP contribution in [-0.4, -0.2) is 43.0 Å². The summed E-state index contributed by atoms with van der Waals surface area (Å²) >= 11 is 0. The van der Waals surface area contributed by atoms with Crippen LogP contribution in [0.4, 0.5) is 0 Å². The first-order valence-corrected chi connectivity index (χ1v) is 8.01. The van der Waals surface area contributed by atoms with Crippen molar-refractivity contribution < 1.29 is 19.1 Å². The van der Waals surface area contributed by atoms with E-state index in [4.69, 9.17) is 15.2 Å². The van der Waals surface area contributed by atoms with Gasteiger partial charge in [0.15, 0.2) is 0 Å². The van der Waals surface area contributed by atoms with E-state index in [0.717, 1.165) is 25.7 Å². The van der Waals surface area contributed by atoms with Gasteiger partial charge in [-0.15, -0.1) is 0 Å². The fourth-order valence-corrected chi connectivity index (χ4v) is 2.89. The van der Waals surface area contributed by atoms with E-state index >= 15 is 0 Å². The average molecular weight is 318 g/mol. The zero-order valence-electron chi connectivity index (χ0n) is 13.3. The van der Waals surface area contributed by atoms with Gasteiger partial charge >= 0.3 is 0 Å². The number of nitrogens with two attached hydrogens (primary N) is 1. The first kappa shape index (κ1) is 15.6. The number of likely N-dealkylation sites (tertiary alicyclic amines) is 1. The van der Waals surface area contributed by atoms with E-state index in [9.17, 15) is 9.59 Å². The van der Waals surface area contributed by atoms with Crippen molar-refractivity contribution >= 4 is 11.8 Å². The number of piperidine rings is 1. The number of primary amides is 1. The van der Waals surface area contributed by atoms with Gasteiger partial charge in [0.05, 0.1) is 12.7 Å². The molecule has 124 valence electrons. The highest BCUT2D eigenvalue weighted by atomic mass is 16.5. The molecular formula is C17H22N2O4. The number of carbonyl (C=O) groups excluding carboxylic acids is 2. The summed E-state index contributed by atoms with van der Waals surface area (Å²) in [6.45, 7) is 1.42. The Bertz CT molecular complexity index is 605. The zero-order valence-corrected chi connectivity index (χ0v) is 13.3. The molecule has 0 atom stereocenters. The molecule has 3 rings (SSSR count). The molecule has 23 heavy (non-hydrogen) atoms. The standard InChI is InChI=1S/C17H22N2O4/c1-22-13-4-5-15(14(10-13)16(18)20)23-12-6-8-19(9-7-12)17(21)11-2-3-11/h4-5,10-12H,2-3,6-9H2,1H3,(H2,18,20). The third kappa shape index (κ3) is 3.57. The summed E-state index contributed by atoms with van der Waals surface area (Å²) in [5.74, 6) is 1.04. The molecule has 1 aromatic carbocycles. The predicted molar refractivity (Wildman–Crippen MR) is 84.5 cm³/mol. The van der Waals surface area contributed by atoms with Crippen molar-refractivity contribution in [2.45, 2.75) is 31.8 Å². The molecule has 6 heteroatoms. The number of rotatable bonds is 5. The van der Waals surface area contributed by atoms with E-state index in [-0.39, 0.29) is 17.9 Å². The number of benzene rings is 1. The van der Waals surface area contributed by atoms with Crippen LogP contribution >= 0.6 is 0 Å². The Labute approximate surface area is 135 Å². The fraction of sp³-hybridized carbons (Fsp3) is 0.529. The summed E-state index contributed by atoms with van der Waals surface area (Å²) in [4.78, 5) is 25.6. The largest absolute Gasteiger partial charge is 0.497 e. The van der Waals surface area contributed by atoms with Crippen LogP contribution in [-0.2, 0) is 4.79 Å². The van der Waals surface area contributed by atoms with Gasteiger partial charge < -0.3 is 20.1 Å². The van der Waals surface area contributed by atoms with Gasteiger partial charge in [-0.3, -0.25) is 9.59 Å². The van der Waals surface area contributed by atoms with Crippen LogP contribution < -0.4 is 15.2 Å². The van der Waals surface area contributed by atoms with Gasteiger partial charge in [-0.25, -0.2) is 0 Å². The lowest BCUT2D eigenvalue weighted by Gasteiger charge is -2.32. The summed E-state index contributed by atoms with van der Waals surface area (Å²) in [7, 11) is 1.53. The zero-order chi connectivity index (χ0) is 16.4. The van der Waals surface area contributed by atoms with Crippen molar-refractivity contribution in [3.8, 4) is 11.5 Å². The van der Waals surface area contributed by atoms with Gasteiger partial charge in [0.2, 0.25) is 5.91 Å². The SMILES string of the molecule is COc1ccc(OC2CCN(C(=O)C3CC3)CC2)c(C(N)=O)c1. The summed E-state index contributed by atoms with van der Waals surface area (Å²) < 4.78 is 11.1. The van der Waals surface area contributed by atoms with Crippen molar-refractivity contribution in [2.24, 2.45) is 11.7 Å². The predicted octanol–water partition coefficient (Wildman–Crippen LogP) is 1.57. The Morgan fingerprint density at radius 2 is 1.87 bits per heavy atom. The molecule has 2 aliphatic rings. The summed E-state index contributed by atoms with van der Waals surface area (Å²) in [5, 5.41) is 0. The molecule has 1 aliphatic carbocycles. The van der Waals surface area contributed by atoms with Crippen LogP contribution in [0.1, 0.15) is 36.0 Å². The second-order valence-corrected chi connectivity index (χ2v) is 6.14. The number of hydrogen-bond acceptors (Lipinski definition) is 4. The molecule has 6 nitrogen and oxygen atoms in total. The maximum absolute atomic E-state index is 12.0. The van der Waals surface area contributed by atoms with Crippen LogP contribution in [0.25, 0.3) is 0 Å². The third-order valence-corrected chi connectivity index (χ3v) is 4.43. The van der Waals surface area contributed by atoms with Crippen molar-refractivity contribution in [3.63, 3.8) is 0 Å². The molecule has 1 aromatic rings. The fourth-order valence-electron chi connectivity index (χ4n) is 2.89. The highest BCUT2D eigenvalue weighted by Gasteiger charge is 2.35. The third-order valence-electron chi connectivity index (χ3n) is 4.43. The van der Waals surface area contributed by atoms with Crippen molar-refractivity contribution in [2.75, 3.05) is 20.2 Å². The molecule has 1 heterocycles. The molecule has 2 amide bonds. The molecule has 2 N–H and O–H groups in total. The topological polar surface area (TPSA) is 81.9 Å². The number of carbonyl (C=O) groups is 2. The van der Waals surface area contributed by atoms with E-state index in [2.05, 4.69) is 0 Å². The van der Waals surface area contributed by atoms with Gasteiger partial charge in [0.25, 0.3) is 5.91 Å². The normalized spacial score (nSPS) is 18.6. The number of amides is 2. The lowest BCUT2D eigenvalue weighted by molar-refractivity contribution is -0.134. The molecule has 0 unspecified atom stereocenters. The monoisotopic (exact) mass is 318 g/mol. The quantitative estimate of drug-likeness (QED) is 0.893. The van der Waals surface area contributed by atoms with E-state index in [1.54, 1.807) is 18.2 Å². The number of nitrogens with zero attached hydrogens (tertiary/aromatic N) is 1. The van der Waals surface area contributed by atoms with Crippen LogP contribution in [0.15, 0.2) is 18.2 Å². The molecule has 0 spiro atoms. The second-order valence-electron chi connectivity index (χ2n) is 6.14. The Morgan fingerprint density at radius 1 is 1.17 bits per heavy atom. The molecule has 2 fully saturated rings. The van der Waals surface area contributed by atoms with Crippen molar-refractivity contribution in [3.05, 3.63) is 23.8 Å². The van der Waals surface area contributed by atoms with Gasteiger partial charge in [-0.1, -0.05) is 0 Å². The molecule has 0 aromatic heterocycles. The van der Waals surface area contributed by atoms with Gasteiger partial charge in [0.1, 0.15) is 17.6 Å². The highest BCUT2D eigenvalue weighted by Crippen LogP contribution is 2.32. The highest BCUT2D eigenvalue weighted by molar-refractivity contribution is 5.96. The van der Waals surface area contributed by atoms with E-state index in [0.29, 0.717) is 30.2 Å². The smallest absolute Gasteiger partial charge is 0.252 e. The number of ether oxygens (including phenoxy) is 2. The van der Waals surface area contributed by atoms with Crippen LogP contribution in [0.2, 0.25) is 0 Å². The van der Waals surface area contributed by atoms with E-state index in [1.807, 2.05) is 4.90 Å². The number of hydrogen-bond donors (Lipinski definition) is 1. The first-order chi connectivity index (χ1) is 11.1. The molecule has 1 aliphatic heterocycles. The van der Waals surface area contributed by atoms with E-state index < -0.39 is 5.91 Å². The second kappa shape index (κ2) is 6.48. The Kier molecular flexibility index (Phi) is 4.41. The minimum atomic E-state index is -0.541. The lowest BCUT2D eigenvalue weighted by Crippen LogP contribution is -2.42. The van der Waals surface area contributed by atoms with Gasteiger partial charge in [-0.05, 0) is 31.0 Å². The average Bonchev–Trinajstić information content (AvgIpc) is 3.40. The Balaban J connectivity index is 1.62. The first-order valence-electron chi connectivity index (χ1n) is 8.01. The van der Waals surface area contributed by atoms with Gasteiger partial charge in [0, 0.05) is 31.8 Å². The molecular weight excluding hydrogens is 296 g/mol. The summed E-state index contributed by atoms with van der Waals surface area (Å²) in [5.41, 5.74) is 5.74. The maximum atomic E-state index is 12.0. The molecule has 0 bridgehead atoms. The van der Waals surface area contributed by atoms with Crippen molar-refractivity contribution in [1.82, 2.24) is 4.90 Å². The van der Waals surface area contributed by atoms with Crippen LogP contribution in [0, 0.1) is 5.92 Å². The molecule has 0 radical (unpaired) electrons. The van der Waals surface area contributed by atoms with Crippen LogP contribution in [0.5, 0.6) is 11.5 Å². The van der Waals surface area contributed by atoms with Crippen molar-refractivity contribution in [1.29, 1.82) is 0 Å². The lowest BCUT2D eigenvalue weighted by atomic mass is 10.1. The van der Waals surface area contributed by atoms with Gasteiger partial charge in [-0.2, -0.15) is 0 Å². The minimum absolute atomic E-state index is 0.00949. The minimum Gasteiger partial charge on any atom is -0.497 e. The molecule has 1 saturated heterocycles. The Hall–Kier alpha value is -2.24. The number of methoxy groups -OCH3 is 1. The van der Waals surface area contributed by atoms with E-state index in [1.165, 1.54) is 7.11 Å². The Morgan fingerprint density at radius 3 is 2.43 bits per heavy atom.